The van der Waals surface area contributed by atoms with E-state index >= 15 is 0 Å². The second-order valence-corrected chi connectivity index (χ2v) is 4.87. The summed E-state index contributed by atoms with van der Waals surface area (Å²) in [5.74, 6) is 1.11. The maximum Gasteiger partial charge on any atom is 0.123 e. The van der Waals surface area contributed by atoms with Gasteiger partial charge in [-0.1, -0.05) is 36.4 Å². The van der Waals surface area contributed by atoms with Gasteiger partial charge in [0.15, 0.2) is 0 Å². The number of ether oxygens (including phenoxy) is 1. The Morgan fingerprint density at radius 1 is 1.00 bits per heavy atom. The molecule has 0 aliphatic heterocycles. The molecule has 0 atom stereocenters. The summed E-state index contributed by atoms with van der Waals surface area (Å²) in [6.45, 7) is 3.39. The minimum atomic E-state index is -0.00106. The fourth-order valence-electron chi connectivity index (χ4n) is 2.14. The Bertz CT molecular complexity index is 584. The standard InChI is InChI=1S/C17H21NO3/c1-13-5-4-7-15(17(13)20)12-18-11-14-6-2-3-8-16(14)21-10-9-19/h2-8,18-20H,9-12H2,1H3. The Balaban J connectivity index is 1.95. The van der Waals surface area contributed by atoms with Gasteiger partial charge in [0, 0.05) is 24.2 Å². The Hall–Kier alpha value is -2.04. The minimum Gasteiger partial charge on any atom is -0.507 e. The van der Waals surface area contributed by atoms with Crippen molar-refractivity contribution in [2.24, 2.45) is 0 Å². The molecule has 0 aliphatic rings. The quantitative estimate of drug-likeness (QED) is 0.731. The molecule has 0 heterocycles. The highest BCUT2D eigenvalue weighted by Crippen LogP contribution is 2.22. The van der Waals surface area contributed by atoms with Crippen LogP contribution < -0.4 is 10.1 Å². The van der Waals surface area contributed by atoms with Gasteiger partial charge in [0.1, 0.15) is 18.1 Å². The maximum absolute atomic E-state index is 9.97. The number of rotatable bonds is 7. The van der Waals surface area contributed by atoms with Crippen molar-refractivity contribution in [2.45, 2.75) is 20.0 Å². The Morgan fingerprint density at radius 2 is 1.71 bits per heavy atom. The van der Waals surface area contributed by atoms with Crippen LogP contribution in [-0.4, -0.2) is 23.4 Å². The molecule has 0 saturated carbocycles. The maximum atomic E-state index is 9.97. The molecule has 0 spiro atoms. The molecule has 0 unspecified atom stereocenters. The van der Waals surface area contributed by atoms with E-state index in [0.29, 0.717) is 18.8 Å². The van der Waals surface area contributed by atoms with Gasteiger partial charge in [-0.05, 0) is 18.6 Å². The highest BCUT2D eigenvalue weighted by molar-refractivity contribution is 5.39. The third-order valence-corrected chi connectivity index (χ3v) is 3.27. The van der Waals surface area contributed by atoms with E-state index in [9.17, 15) is 5.11 Å². The third-order valence-electron chi connectivity index (χ3n) is 3.27. The molecule has 0 bridgehead atoms. The predicted octanol–water partition coefficient (Wildman–Crippen LogP) is 2.36. The number of phenols is 1. The lowest BCUT2D eigenvalue weighted by molar-refractivity contribution is 0.200. The van der Waals surface area contributed by atoms with Crippen molar-refractivity contribution in [3.05, 3.63) is 59.2 Å². The molecule has 0 saturated heterocycles. The summed E-state index contributed by atoms with van der Waals surface area (Å²) in [5, 5.41) is 22.1. The van der Waals surface area contributed by atoms with Crippen molar-refractivity contribution in [2.75, 3.05) is 13.2 Å². The summed E-state index contributed by atoms with van der Waals surface area (Å²) in [7, 11) is 0. The number of nitrogens with one attached hydrogen (secondary N) is 1. The zero-order valence-electron chi connectivity index (χ0n) is 12.2. The fourth-order valence-corrected chi connectivity index (χ4v) is 2.14. The van der Waals surface area contributed by atoms with Gasteiger partial charge in [-0.3, -0.25) is 0 Å². The van der Waals surface area contributed by atoms with Gasteiger partial charge in [-0.15, -0.1) is 0 Å². The molecular formula is C17H21NO3. The second kappa shape index (κ2) is 7.67. The van der Waals surface area contributed by atoms with Crippen LogP contribution in [0.1, 0.15) is 16.7 Å². The first-order valence-electron chi connectivity index (χ1n) is 7.02. The van der Waals surface area contributed by atoms with Crippen LogP contribution in [0, 0.1) is 6.92 Å². The first-order chi connectivity index (χ1) is 10.2. The predicted molar refractivity (Wildman–Crippen MR) is 82.4 cm³/mol. The van der Waals surface area contributed by atoms with Gasteiger partial charge in [0.25, 0.3) is 0 Å². The van der Waals surface area contributed by atoms with Crippen molar-refractivity contribution >= 4 is 0 Å². The second-order valence-electron chi connectivity index (χ2n) is 4.87. The van der Waals surface area contributed by atoms with Crippen molar-refractivity contribution < 1.29 is 14.9 Å². The van der Waals surface area contributed by atoms with Crippen LogP contribution in [0.4, 0.5) is 0 Å². The topological polar surface area (TPSA) is 61.7 Å². The molecule has 112 valence electrons. The number of para-hydroxylation sites is 2. The average molecular weight is 287 g/mol. The van der Waals surface area contributed by atoms with Gasteiger partial charge >= 0.3 is 0 Å². The molecule has 3 N–H and O–H groups in total. The summed E-state index contributed by atoms with van der Waals surface area (Å²) in [6.07, 6.45) is 0. The number of aliphatic hydroxyl groups is 1. The smallest absolute Gasteiger partial charge is 0.123 e. The van der Waals surface area contributed by atoms with Crippen molar-refractivity contribution in [1.29, 1.82) is 0 Å². The van der Waals surface area contributed by atoms with E-state index in [1.807, 2.05) is 49.4 Å². The summed E-state index contributed by atoms with van der Waals surface area (Å²) < 4.78 is 5.49. The largest absolute Gasteiger partial charge is 0.507 e. The van der Waals surface area contributed by atoms with Gasteiger partial charge in [0.2, 0.25) is 0 Å². The van der Waals surface area contributed by atoms with E-state index < -0.39 is 0 Å². The first kappa shape index (κ1) is 15.4. The van der Waals surface area contributed by atoms with Crippen LogP contribution >= 0.6 is 0 Å². The van der Waals surface area contributed by atoms with Crippen LogP contribution in [-0.2, 0) is 13.1 Å². The van der Waals surface area contributed by atoms with E-state index in [1.54, 1.807) is 0 Å². The number of aromatic hydroxyl groups is 1. The Labute approximate surface area is 125 Å². The molecule has 2 aromatic carbocycles. The summed E-state index contributed by atoms with van der Waals surface area (Å²) >= 11 is 0. The van der Waals surface area contributed by atoms with Crippen LogP contribution in [0.5, 0.6) is 11.5 Å². The summed E-state index contributed by atoms with van der Waals surface area (Å²) in [4.78, 5) is 0. The molecule has 2 rings (SSSR count). The molecule has 21 heavy (non-hydrogen) atoms. The van der Waals surface area contributed by atoms with Gasteiger partial charge < -0.3 is 20.3 Å². The van der Waals surface area contributed by atoms with Gasteiger partial charge in [-0.2, -0.15) is 0 Å². The van der Waals surface area contributed by atoms with Crippen molar-refractivity contribution in [3.63, 3.8) is 0 Å². The number of benzene rings is 2. The monoisotopic (exact) mass is 287 g/mol. The minimum absolute atomic E-state index is 0.00106. The SMILES string of the molecule is Cc1cccc(CNCc2ccccc2OCCO)c1O. The molecule has 4 nitrogen and oxygen atoms in total. The van der Waals surface area contributed by atoms with E-state index in [4.69, 9.17) is 9.84 Å². The molecule has 2 aromatic rings. The zero-order chi connectivity index (χ0) is 15.1. The third kappa shape index (κ3) is 4.21. The highest BCUT2D eigenvalue weighted by atomic mass is 16.5. The molecule has 4 heteroatoms. The van der Waals surface area contributed by atoms with E-state index in [0.717, 1.165) is 22.4 Å². The summed E-state index contributed by atoms with van der Waals surface area (Å²) in [5.41, 5.74) is 2.78. The average Bonchev–Trinajstić information content (AvgIpc) is 2.50. The zero-order valence-corrected chi connectivity index (χ0v) is 12.2. The van der Waals surface area contributed by atoms with Crippen LogP contribution in [0.2, 0.25) is 0 Å². The van der Waals surface area contributed by atoms with E-state index in [2.05, 4.69) is 5.32 Å². The van der Waals surface area contributed by atoms with E-state index in [1.165, 1.54) is 0 Å². The lowest BCUT2D eigenvalue weighted by atomic mass is 10.1. The van der Waals surface area contributed by atoms with Crippen LogP contribution in [0.15, 0.2) is 42.5 Å². The normalized spacial score (nSPS) is 10.6. The lowest BCUT2D eigenvalue weighted by Crippen LogP contribution is -2.14. The number of hydrogen-bond donors (Lipinski definition) is 3. The molecule has 0 fully saturated rings. The Kier molecular flexibility index (Phi) is 5.60. The van der Waals surface area contributed by atoms with E-state index in [-0.39, 0.29) is 13.2 Å². The number of hydrogen-bond acceptors (Lipinski definition) is 4. The molecule has 0 radical (unpaired) electrons. The van der Waals surface area contributed by atoms with Gasteiger partial charge in [-0.25, -0.2) is 0 Å². The van der Waals surface area contributed by atoms with Crippen molar-refractivity contribution in [1.82, 2.24) is 5.32 Å². The molecule has 0 aliphatic carbocycles. The van der Waals surface area contributed by atoms with Crippen LogP contribution in [0.3, 0.4) is 0 Å². The summed E-state index contributed by atoms with van der Waals surface area (Å²) in [6, 6.07) is 13.5. The molecule has 0 aromatic heterocycles. The number of phenolic OH excluding ortho intramolecular Hbond substituents is 1. The van der Waals surface area contributed by atoms with Crippen LogP contribution in [0.25, 0.3) is 0 Å². The number of aryl methyl sites for hydroxylation is 1. The first-order valence-corrected chi connectivity index (χ1v) is 7.02. The molecular weight excluding hydrogens is 266 g/mol. The molecule has 0 amide bonds. The Morgan fingerprint density at radius 3 is 2.52 bits per heavy atom. The lowest BCUT2D eigenvalue weighted by Gasteiger charge is -2.12. The highest BCUT2D eigenvalue weighted by Gasteiger charge is 2.05. The fraction of sp³-hybridized carbons (Fsp3) is 0.294. The van der Waals surface area contributed by atoms with Crippen molar-refractivity contribution in [3.8, 4) is 11.5 Å². The number of aliphatic hydroxyl groups excluding tert-OH is 1. The van der Waals surface area contributed by atoms with Gasteiger partial charge in [0.05, 0.1) is 6.61 Å².